The first kappa shape index (κ1) is 22.2. The van der Waals surface area contributed by atoms with Crippen LogP contribution in [0.1, 0.15) is 23.2 Å². The molecule has 1 amide bonds. The van der Waals surface area contributed by atoms with Crippen molar-refractivity contribution in [3.05, 3.63) is 36.2 Å². The van der Waals surface area contributed by atoms with Crippen LogP contribution in [0.2, 0.25) is 0 Å². The maximum absolute atomic E-state index is 13.0. The van der Waals surface area contributed by atoms with Gasteiger partial charge in [-0.3, -0.25) is 9.18 Å². The van der Waals surface area contributed by atoms with Gasteiger partial charge in [-0.15, -0.1) is 0 Å². The number of nitrogens with zero attached hydrogens (tertiary/aromatic N) is 3. The summed E-state index contributed by atoms with van der Waals surface area (Å²) in [5, 5.41) is 7.03. The van der Waals surface area contributed by atoms with Gasteiger partial charge in [0.1, 0.15) is 22.8 Å². The number of alkyl halides is 3. The number of benzene rings is 1. The normalized spacial score (nSPS) is 12.9. The molecule has 1 N–H and O–H groups in total. The second kappa shape index (κ2) is 9.54. The molecule has 0 atom stereocenters. The van der Waals surface area contributed by atoms with E-state index in [0.717, 1.165) is 12.8 Å². The Labute approximate surface area is 175 Å². The lowest BCUT2D eigenvalue weighted by molar-refractivity contribution is -0.0502. The molecule has 2 heterocycles. The molecule has 0 unspecified atom stereocenters. The lowest BCUT2D eigenvalue weighted by atomic mass is 10.1. The Kier molecular flexibility index (Phi) is 6.83. The fraction of sp³-hybridized carbons (Fsp3) is 0.350. The van der Waals surface area contributed by atoms with Crippen LogP contribution in [0, 0.1) is 0 Å². The van der Waals surface area contributed by atoms with Crippen molar-refractivity contribution in [1.29, 1.82) is 0 Å². The molecule has 0 spiro atoms. The van der Waals surface area contributed by atoms with Crippen LogP contribution in [-0.4, -0.2) is 54.6 Å². The van der Waals surface area contributed by atoms with Crippen molar-refractivity contribution in [2.75, 3.05) is 21.4 Å². The topological polar surface area (TPSA) is 87.0 Å². The number of imidazole rings is 1. The Morgan fingerprint density at radius 2 is 1.84 bits per heavy atom. The van der Waals surface area contributed by atoms with Crippen LogP contribution in [0.15, 0.2) is 30.6 Å². The zero-order valence-electron chi connectivity index (χ0n) is 17.1. The molecule has 0 radical (unpaired) electrons. The first-order chi connectivity index (χ1) is 15.0. The summed E-state index contributed by atoms with van der Waals surface area (Å²) in [6.07, 6.45) is 4.75. The Morgan fingerprint density at radius 3 is 2.45 bits per heavy atom. The van der Waals surface area contributed by atoms with E-state index in [1.165, 1.54) is 37.2 Å². The van der Waals surface area contributed by atoms with Crippen molar-refractivity contribution in [3.8, 4) is 28.5 Å². The van der Waals surface area contributed by atoms with E-state index in [1.807, 2.05) is 0 Å². The third-order valence-corrected chi connectivity index (χ3v) is 4.51. The zero-order valence-corrected chi connectivity index (χ0v) is 17.1. The molecule has 0 aliphatic heterocycles. The maximum atomic E-state index is 13.0. The zero-order chi connectivity index (χ0) is 22.5. The number of carbonyl (C=O) groups is 1. The van der Waals surface area contributed by atoms with Crippen LogP contribution in [0.4, 0.5) is 13.2 Å². The monoisotopic (exact) mass is 438 g/mol. The second-order valence-electron chi connectivity index (χ2n) is 6.49. The predicted molar refractivity (Wildman–Crippen MR) is 106 cm³/mol. The molecule has 4 rings (SSSR count). The number of methoxy groups -OCH3 is 2. The molecular weight excluding hydrogens is 417 g/mol. The van der Waals surface area contributed by atoms with E-state index in [1.54, 1.807) is 12.1 Å². The summed E-state index contributed by atoms with van der Waals surface area (Å²) in [5.41, 5.74) is 1.39. The summed E-state index contributed by atoms with van der Waals surface area (Å²) in [4.78, 5) is 16.9. The summed E-state index contributed by atoms with van der Waals surface area (Å²) in [7, 11) is 3.37. The fourth-order valence-electron chi connectivity index (χ4n) is 2.96. The van der Waals surface area contributed by atoms with Gasteiger partial charge in [0.05, 0.1) is 39.5 Å². The SMILES string of the molecule is CF.COc1cnn2c(-c3cc(OC)c(C(=O)NC4CC4)c(OC(F)F)c3)cnc2c1. The van der Waals surface area contributed by atoms with Gasteiger partial charge in [-0.1, -0.05) is 0 Å². The highest BCUT2D eigenvalue weighted by atomic mass is 19.3. The smallest absolute Gasteiger partial charge is 0.387 e. The Morgan fingerprint density at radius 1 is 1.13 bits per heavy atom. The standard InChI is InChI=1S/C19H18F2N4O4.CH3F/c1-27-12-7-16-22-9-13(25(16)23-8-12)10-5-14(28-2)17(15(6-10)29-19(20)21)18(26)24-11-3-4-11;1-2/h5-9,11,19H,3-4H2,1-2H3,(H,24,26);1H3. The van der Waals surface area contributed by atoms with Crippen LogP contribution < -0.4 is 19.5 Å². The van der Waals surface area contributed by atoms with Crippen LogP contribution in [0.3, 0.4) is 0 Å². The number of ether oxygens (including phenoxy) is 3. The molecule has 3 aromatic rings. The largest absolute Gasteiger partial charge is 0.496 e. The number of rotatable bonds is 7. The van der Waals surface area contributed by atoms with E-state index in [0.29, 0.717) is 29.8 Å². The minimum Gasteiger partial charge on any atom is -0.496 e. The van der Waals surface area contributed by atoms with Crippen molar-refractivity contribution in [2.45, 2.75) is 25.5 Å². The van der Waals surface area contributed by atoms with Gasteiger partial charge in [0.25, 0.3) is 5.91 Å². The van der Waals surface area contributed by atoms with Gasteiger partial charge in [-0.2, -0.15) is 13.9 Å². The fourth-order valence-corrected chi connectivity index (χ4v) is 2.96. The summed E-state index contributed by atoms with van der Waals surface area (Å²) in [6, 6.07) is 4.65. The van der Waals surface area contributed by atoms with Gasteiger partial charge in [0.15, 0.2) is 5.65 Å². The van der Waals surface area contributed by atoms with Gasteiger partial charge in [-0.05, 0) is 25.0 Å². The number of amides is 1. The van der Waals surface area contributed by atoms with Crippen LogP contribution in [0.25, 0.3) is 16.9 Å². The Balaban J connectivity index is 0.00000132. The first-order valence-corrected chi connectivity index (χ1v) is 9.23. The number of nitrogens with one attached hydrogen (secondary N) is 1. The molecule has 0 saturated heterocycles. The molecule has 2 aromatic heterocycles. The first-order valence-electron chi connectivity index (χ1n) is 9.23. The van der Waals surface area contributed by atoms with Crippen molar-refractivity contribution < 1.29 is 32.2 Å². The maximum Gasteiger partial charge on any atom is 0.387 e. The Hall–Kier alpha value is -3.50. The van der Waals surface area contributed by atoms with E-state index in [9.17, 15) is 18.0 Å². The molecule has 1 aliphatic rings. The summed E-state index contributed by atoms with van der Waals surface area (Å²) in [5.74, 6) is -0.163. The van der Waals surface area contributed by atoms with Gasteiger partial charge in [0, 0.05) is 17.7 Å². The van der Waals surface area contributed by atoms with Crippen molar-refractivity contribution in [1.82, 2.24) is 19.9 Å². The van der Waals surface area contributed by atoms with Crippen LogP contribution >= 0.6 is 0 Å². The molecule has 0 bridgehead atoms. The lowest BCUT2D eigenvalue weighted by Crippen LogP contribution is -2.26. The molecule has 1 saturated carbocycles. The molecule has 31 heavy (non-hydrogen) atoms. The molecule has 1 aromatic carbocycles. The third kappa shape index (κ3) is 4.81. The van der Waals surface area contributed by atoms with Gasteiger partial charge in [-0.25, -0.2) is 9.50 Å². The lowest BCUT2D eigenvalue weighted by Gasteiger charge is -2.16. The predicted octanol–water partition coefficient (Wildman–Crippen LogP) is 3.49. The highest BCUT2D eigenvalue weighted by Gasteiger charge is 2.29. The molecule has 11 heteroatoms. The molecule has 1 aliphatic carbocycles. The molecule has 1 fully saturated rings. The number of aromatic nitrogens is 3. The third-order valence-electron chi connectivity index (χ3n) is 4.51. The minimum absolute atomic E-state index is 0.0456. The molecule has 166 valence electrons. The quantitative estimate of drug-likeness (QED) is 0.608. The number of fused-ring (bicyclic) bond motifs is 1. The van der Waals surface area contributed by atoms with E-state index in [2.05, 4.69) is 20.1 Å². The molecular formula is C20H21F3N4O4. The van der Waals surface area contributed by atoms with Crippen LogP contribution in [-0.2, 0) is 0 Å². The number of hydrogen-bond acceptors (Lipinski definition) is 6. The highest BCUT2D eigenvalue weighted by Crippen LogP contribution is 2.37. The second-order valence-corrected chi connectivity index (χ2v) is 6.49. The number of halogens is 3. The van der Waals surface area contributed by atoms with Gasteiger partial charge >= 0.3 is 6.61 Å². The van der Waals surface area contributed by atoms with Crippen molar-refractivity contribution >= 4 is 11.6 Å². The van der Waals surface area contributed by atoms with Crippen LogP contribution in [0.5, 0.6) is 17.2 Å². The summed E-state index contributed by atoms with van der Waals surface area (Å²) < 4.78 is 52.2. The number of hydrogen-bond donors (Lipinski definition) is 1. The van der Waals surface area contributed by atoms with E-state index < -0.39 is 12.5 Å². The van der Waals surface area contributed by atoms with Gasteiger partial charge < -0.3 is 19.5 Å². The minimum atomic E-state index is -3.10. The average Bonchev–Trinajstić information content (AvgIpc) is 3.48. The van der Waals surface area contributed by atoms with E-state index in [-0.39, 0.29) is 23.1 Å². The molecule has 8 nitrogen and oxygen atoms in total. The van der Waals surface area contributed by atoms with Crippen molar-refractivity contribution in [3.63, 3.8) is 0 Å². The van der Waals surface area contributed by atoms with Crippen molar-refractivity contribution in [2.24, 2.45) is 0 Å². The van der Waals surface area contributed by atoms with Gasteiger partial charge in [0.2, 0.25) is 0 Å². The number of carbonyl (C=O) groups excluding carboxylic acids is 1. The van der Waals surface area contributed by atoms with E-state index >= 15 is 0 Å². The van der Waals surface area contributed by atoms with E-state index in [4.69, 9.17) is 9.47 Å². The summed E-state index contributed by atoms with van der Waals surface area (Å²) in [6.45, 7) is -3.10. The average molecular weight is 438 g/mol. The Bertz CT molecular complexity index is 1070. The highest BCUT2D eigenvalue weighted by molar-refractivity contribution is 6.01. The summed E-state index contributed by atoms with van der Waals surface area (Å²) >= 11 is 0.